The summed E-state index contributed by atoms with van der Waals surface area (Å²) in [6.07, 6.45) is 1.53. The molecule has 0 amide bonds. The van der Waals surface area contributed by atoms with E-state index in [0.29, 0.717) is 6.42 Å². The number of halogens is 1. The molecule has 0 fully saturated rings. The quantitative estimate of drug-likeness (QED) is 0.873. The van der Waals surface area contributed by atoms with Gasteiger partial charge in [0.25, 0.3) is 0 Å². The Balaban J connectivity index is 2.98. The molecule has 0 radical (unpaired) electrons. The molecule has 1 aromatic carbocycles. The standard InChI is InChI=1S/C13H18BrNO2/c1-3-9-15(12(4-2)13(16)17)11-7-5-10(14)6-8-11/h5-8,12H,3-4,9H2,1-2H3,(H,16,17)/t12-/m0/s1. The Morgan fingerprint density at radius 1 is 1.35 bits per heavy atom. The zero-order chi connectivity index (χ0) is 12.8. The number of hydrogen-bond acceptors (Lipinski definition) is 2. The number of carboxylic acids is 1. The van der Waals surface area contributed by atoms with Crippen molar-refractivity contribution in [3.05, 3.63) is 28.7 Å². The van der Waals surface area contributed by atoms with Crippen molar-refractivity contribution in [2.24, 2.45) is 0 Å². The van der Waals surface area contributed by atoms with E-state index in [1.54, 1.807) is 0 Å². The van der Waals surface area contributed by atoms with Crippen LogP contribution in [0.4, 0.5) is 5.69 Å². The van der Waals surface area contributed by atoms with Crippen molar-refractivity contribution < 1.29 is 9.90 Å². The first-order valence-electron chi connectivity index (χ1n) is 5.85. The van der Waals surface area contributed by atoms with Crippen LogP contribution in [0.1, 0.15) is 26.7 Å². The normalized spacial score (nSPS) is 12.2. The minimum Gasteiger partial charge on any atom is -0.480 e. The predicted molar refractivity (Wildman–Crippen MR) is 73.5 cm³/mol. The number of hydrogen-bond donors (Lipinski definition) is 1. The summed E-state index contributed by atoms with van der Waals surface area (Å²) < 4.78 is 1.00. The number of carboxylic acid groups (broad SMARTS) is 1. The summed E-state index contributed by atoms with van der Waals surface area (Å²) in [5, 5.41) is 9.24. The van der Waals surface area contributed by atoms with Gasteiger partial charge in [-0.1, -0.05) is 29.8 Å². The topological polar surface area (TPSA) is 40.5 Å². The van der Waals surface area contributed by atoms with Crippen LogP contribution >= 0.6 is 15.9 Å². The summed E-state index contributed by atoms with van der Waals surface area (Å²) in [4.78, 5) is 13.2. The van der Waals surface area contributed by atoms with Gasteiger partial charge in [0.05, 0.1) is 0 Å². The molecule has 0 heterocycles. The fourth-order valence-corrected chi connectivity index (χ4v) is 2.13. The molecule has 0 aliphatic heterocycles. The second-order valence-corrected chi connectivity index (χ2v) is 4.85. The number of carbonyl (C=O) groups is 1. The van der Waals surface area contributed by atoms with Crippen LogP contribution < -0.4 is 4.90 Å². The zero-order valence-corrected chi connectivity index (χ0v) is 11.8. The molecule has 0 aliphatic rings. The highest BCUT2D eigenvalue weighted by Gasteiger charge is 2.23. The van der Waals surface area contributed by atoms with Crippen molar-refractivity contribution in [1.82, 2.24) is 0 Å². The molecular formula is C13H18BrNO2. The average molecular weight is 300 g/mol. The van der Waals surface area contributed by atoms with E-state index >= 15 is 0 Å². The van der Waals surface area contributed by atoms with Crippen molar-refractivity contribution in [2.45, 2.75) is 32.7 Å². The molecule has 0 unspecified atom stereocenters. The van der Waals surface area contributed by atoms with Crippen molar-refractivity contribution >= 4 is 27.6 Å². The van der Waals surface area contributed by atoms with Gasteiger partial charge in [0.2, 0.25) is 0 Å². The Kier molecular flexibility index (Phi) is 5.48. The lowest BCUT2D eigenvalue weighted by Gasteiger charge is -2.30. The largest absolute Gasteiger partial charge is 0.480 e. The highest BCUT2D eigenvalue weighted by atomic mass is 79.9. The minimum atomic E-state index is -0.760. The maximum atomic E-state index is 11.2. The molecular weight excluding hydrogens is 282 g/mol. The van der Waals surface area contributed by atoms with Gasteiger partial charge in [-0.15, -0.1) is 0 Å². The van der Waals surface area contributed by atoms with Crippen LogP contribution in [0.5, 0.6) is 0 Å². The second-order valence-electron chi connectivity index (χ2n) is 3.93. The molecule has 0 aromatic heterocycles. The van der Waals surface area contributed by atoms with Gasteiger partial charge in [-0.2, -0.15) is 0 Å². The third-order valence-electron chi connectivity index (χ3n) is 2.67. The van der Waals surface area contributed by atoms with Gasteiger partial charge in [-0.05, 0) is 37.1 Å². The number of benzene rings is 1. The number of anilines is 1. The van der Waals surface area contributed by atoms with Crippen LogP contribution in [0, 0.1) is 0 Å². The Morgan fingerprint density at radius 3 is 2.35 bits per heavy atom. The van der Waals surface area contributed by atoms with Gasteiger partial charge in [0.15, 0.2) is 0 Å². The summed E-state index contributed by atoms with van der Waals surface area (Å²) >= 11 is 3.38. The molecule has 94 valence electrons. The van der Waals surface area contributed by atoms with Crippen LogP contribution in [-0.4, -0.2) is 23.7 Å². The summed E-state index contributed by atoms with van der Waals surface area (Å²) in [5.74, 6) is -0.760. The lowest BCUT2D eigenvalue weighted by molar-refractivity contribution is -0.138. The van der Waals surface area contributed by atoms with Gasteiger partial charge in [0.1, 0.15) is 6.04 Å². The second kappa shape index (κ2) is 6.64. The molecule has 0 bridgehead atoms. The molecule has 1 rings (SSSR count). The van der Waals surface area contributed by atoms with E-state index in [0.717, 1.165) is 23.1 Å². The Morgan fingerprint density at radius 2 is 1.94 bits per heavy atom. The predicted octanol–water partition coefficient (Wildman–Crippen LogP) is 3.53. The van der Waals surface area contributed by atoms with Gasteiger partial charge in [-0.3, -0.25) is 0 Å². The molecule has 4 heteroatoms. The molecule has 1 N–H and O–H groups in total. The molecule has 0 spiro atoms. The van der Waals surface area contributed by atoms with Crippen LogP contribution in [0.2, 0.25) is 0 Å². The Labute approximate surface area is 111 Å². The van der Waals surface area contributed by atoms with Gasteiger partial charge < -0.3 is 10.0 Å². The maximum Gasteiger partial charge on any atom is 0.326 e. The Hall–Kier alpha value is -1.03. The molecule has 1 atom stereocenters. The third-order valence-corrected chi connectivity index (χ3v) is 3.20. The molecule has 0 saturated heterocycles. The van der Waals surface area contributed by atoms with Crippen LogP contribution in [-0.2, 0) is 4.79 Å². The van der Waals surface area contributed by atoms with Crippen LogP contribution in [0.25, 0.3) is 0 Å². The summed E-state index contributed by atoms with van der Waals surface area (Å²) in [7, 11) is 0. The van der Waals surface area contributed by atoms with Crippen molar-refractivity contribution in [3.8, 4) is 0 Å². The van der Waals surface area contributed by atoms with E-state index in [1.165, 1.54) is 0 Å². The van der Waals surface area contributed by atoms with Crippen molar-refractivity contribution in [2.75, 3.05) is 11.4 Å². The molecule has 1 aromatic rings. The van der Waals surface area contributed by atoms with E-state index in [2.05, 4.69) is 22.9 Å². The van der Waals surface area contributed by atoms with E-state index in [1.807, 2.05) is 36.1 Å². The molecule has 17 heavy (non-hydrogen) atoms. The van der Waals surface area contributed by atoms with E-state index in [4.69, 9.17) is 0 Å². The minimum absolute atomic E-state index is 0.448. The number of aliphatic carboxylic acids is 1. The molecule has 3 nitrogen and oxygen atoms in total. The van der Waals surface area contributed by atoms with E-state index in [-0.39, 0.29) is 0 Å². The fraction of sp³-hybridized carbons (Fsp3) is 0.462. The SMILES string of the molecule is CCCN(c1ccc(Br)cc1)[C@@H](CC)C(=O)O. The van der Waals surface area contributed by atoms with Gasteiger partial charge >= 0.3 is 5.97 Å². The fourth-order valence-electron chi connectivity index (χ4n) is 1.87. The maximum absolute atomic E-state index is 11.2. The van der Waals surface area contributed by atoms with E-state index in [9.17, 15) is 9.90 Å². The first-order chi connectivity index (χ1) is 8.10. The van der Waals surface area contributed by atoms with E-state index < -0.39 is 12.0 Å². The Bertz CT molecular complexity index is 364. The summed E-state index contributed by atoms with van der Waals surface area (Å²) in [5.41, 5.74) is 0.962. The summed E-state index contributed by atoms with van der Waals surface area (Å²) in [6, 6.07) is 7.33. The third kappa shape index (κ3) is 3.73. The number of rotatable bonds is 6. The first-order valence-corrected chi connectivity index (χ1v) is 6.64. The zero-order valence-electron chi connectivity index (χ0n) is 10.2. The van der Waals surface area contributed by atoms with Crippen molar-refractivity contribution in [1.29, 1.82) is 0 Å². The van der Waals surface area contributed by atoms with Crippen LogP contribution in [0.15, 0.2) is 28.7 Å². The van der Waals surface area contributed by atoms with Gasteiger partial charge in [0, 0.05) is 16.7 Å². The highest BCUT2D eigenvalue weighted by molar-refractivity contribution is 9.10. The highest BCUT2D eigenvalue weighted by Crippen LogP contribution is 2.22. The van der Waals surface area contributed by atoms with Gasteiger partial charge in [-0.25, -0.2) is 4.79 Å². The molecule has 0 aliphatic carbocycles. The smallest absolute Gasteiger partial charge is 0.326 e. The van der Waals surface area contributed by atoms with Crippen molar-refractivity contribution in [3.63, 3.8) is 0 Å². The monoisotopic (exact) mass is 299 g/mol. The number of nitrogens with zero attached hydrogens (tertiary/aromatic N) is 1. The molecule has 0 saturated carbocycles. The first kappa shape index (κ1) is 14.0. The lowest BCUT2D eigenvalue weighted by Crippen LogP contribution is -2.41. The average Bonchev–Trinajstić information content (AvgIpc) is 2.29. The van der Waals surface area contributed by atoms with Crippen LogP contribution in [0.3, 0.4) is 0 Å². The summed E-state index contributed by atoms with van der Waals surface area (Å²) in [6.45, 7) is 4.72. The lowest BCUT2D eigenvalue weighted by atomic mass is 10.1.